The van der Waals surface area contributed by atoms with E-state index in [1.54, 1.807) is 0 Å². The van der Waals surface area contributed by atoms with Crippen LogP contribution in [-0.4, -0.2) is 28.3 Å². The zero-order valence-corrected chi connectivity index (χ0v) is 7.36. The highest BCUT2D eigenvalue weighted by atomic mass is 16.4. The second-order valence-corrected chi connectivity index (χ2v) is 3.03. The van der Waals surface area contributed by atoms with Gasteiger partial charge in [0.25, 0.3) is 5.97 Å². The highest BCUT2D eigenvalue weighted by Gasteiger charge is 2.17. The van der Waals surface area contributed by atoms with Gasteiger partial charge in [-0.15, -0.1) is 0 Å². The van der Waals surface area contributed by atoms with Crippen molar-refractivity contribution < 1.29 is 15.0 Å². The molecule has 1 fully saturated rings. The van der Waals surface area contributed by atoms with Crippen LogP contribution in [0.15, 0.2) is 0 Å². The van der Waals surface area contributed by atoms with E-state index in [-0.39, 0.29) is 12.1 Å². The molecular formula is C8H17NO3. The Morgan fingerprint density at radius 1 is 1.42 bits per heavy atom. The Labute approximate surface area is 72.4 Å². The monoisotopic (exact) mass is 175 g/mol. The van der Waals surface area contributed by atoms with Crippen LogP contribution in [0.5, 0.6) is 0 Å². The molecule has 1 saturated carbocycles. The molecule has 0 bridgehead atoms. The van der Waals surface area contributed by atoms with Crippen LogP contribution in [0.1, 0.15) is 32.6 Å². The smallest absolute Gasteiger partial charge is 0.300 e. The molecule has 0 saturated heterocycles. The van der Waals surface area contributed by atoms with Crippen molar-refractivity contribution in [3.8, 4) is 0 Å². The minimum Gasteiger partial charge on any atom is -0.481 e. The molecule has 0 aromatic carbocycles. The maximum atomic E-state index is 9.05. The quantitative estimate of drug-likeness (QED) is 0.495. The Kier molecular flexibility index (Phi) is 5.66. The summed E-state index contributed by atoms with van der Waals surface area (Å²) >= 11 is 0. The summed E-state index contributed by atoms with van der Waals surface area (Å²) in [6.07, 6.45) is 4.03. The van der Waals surface area contributed by atoms with Gasteiger partial charge in [-0.05, 0) is 12.8 Å². The highest BCUT2D eigenvalue weighted by Crippen LogP contribution is 2.15. The Morgan fingerprint density at radius 2 is 1.83 bits per heavy atom. The lowest BCUT2D eigenvalue weighted by Crippen LogP contribution is -2.37. The minimum atomic E-state index is -0.833. The third-order valence-electron chi connectivity index (χ3n) is 1.78. The van der Waals surface area contributed by atoms with Crippen molar-refractivity contribution in [2.45, 2.75) is 44.8 Å². The van der Waals surface area contributed by atoms with Crippen molar-refractivity contribution in [1.29, 1.82) is 0 Å². The largest absolute Gasteiger partial charge is 0.481 e. The van der Waals surface area contributed by atoms with Gasteiger partial charge in [0.15, 0.2) is 0 Å². The van der Waals surface area contributed by atoms with E-state index in [1.807, 2.05) is 0 Å². The molecule has 0 spiro atoms. The van der Waals surface area contributed by atoms with Crippen LogP contribution >= 0.6 is 0 Å². The molecule has 0 aliphatic heterocycles. The third kappa shape index (κ3) is 6.12. The van der Waals surface area contributed by atoms with Gasteiger partial charge in [0, 0.05) is 13.0 Å². The first-order valence-corrected chi connectivity index (χ1v) is 4.17. The molecule has 4 nitrogen and oxygen atoms in total. The fraction of sp³-hybridized carbons (Fsp3) is 0.875. The Bertz CT molecular complexity index is 124. The molecule has 0 heterocycles. The van der Waals surface area contributed by atoms with Crippen molar-refractivity contribution in [1.82, 2.24) is 0 Å². The predicted octanol–water partition coefficient (Wildman–Crippen LogP) is 0.339. The first kappa shape index (κ1) is 11.4. The van der Waals surface area contributed by atoms with E-state index in [0.29, 0.717) is 0 Å². The van der Waals surface area contributed by atoms with Gasteiger partial charge in [0.2, 0.25) is 0 Å². The van der Waals surface area contributed by atoms with Crippen LogP contribution in [0.2, 0.25) is 0 Å². The number of aliphatic hydroxyl groups is 1. The lowest BCUT2D eigenvalue weighted by atomic mass is 9.94. The molecule has 1 aliphatic rings. The van der Waals surface area contributed by atoms with Crippen LogP contribution in [0.4, 0.5) is 0 Å². The fourth-order valence-corrected chi connectivity index (χ4v) is 1.14. The van der Waals surface area contributed by atoms with E-state index in [4.69, 9.17) is 20.7 Å². The lowest BCUT2D eigenvalue weighted by Gasteiger charge is -2.23. The Balaban J connectivity index is 0.000000261. The molecule has 72 valence electrons. The molecule has 4 N–H and O–H groups in total. The van der Waals surface area contributed by atoms with Crippen LogP contribution in [0, 0.1) is 0 Å². The standard InChI is InChI=1S/C6H13NO.C2H4O2/c7-5-3-1-2-4-6(5)8;1-2(3)4/h5-6,8H,1-4,7H2;1H3,(H,3,4)/t5-,6-;/m1./s1. The van der Waals surface area contributed by atoms with Gasteiger partial charge in [-0.25, -0.2) is 0 Å². The average molecular weight is 175 g/mol. The third-order valence-corrected chi connectivity index (χ3v) is 1.78. The molecule has 12 heavy (non-hydrogen) atoms. The van der Waals surface area contributed by atoms with E-state index < -0.39 is 5.97 Å². The maximum Gasteiger partial charge on any atom is 0.300 e. The predicted molar refractivity (Wildman–Crippen MR) is 45.8 cm³/mol. The second-order valence-electron chi connectivity index (χ2n) is 3.03. The molecule has 1 rings (SSSR count). The topological polar surface area (TPSA) is 83.5 Å². The molecule has 2 atom stereocenters. The molecular weight excluding hydrogens is 158 g/mol. The lowest BCUT2D eigenvalue weighted by molar-refractivity contribution is -0.134. The van der Waals surface area contributed by atoms with Gasteiger partial charge in [-0.1, -0.05) is 12.8 Å². The normalized spacial score (nSPS) is 28.6. The van der Waals surface area contributed by atoms with Crippen LogP contribution in [-0.2, 0) is 4.79 Å². The van der Waals surface area contributed by atoms with Crippen molar-refractivity contribution in [2.75, 3.05) is 0 Å². The van der Waals surface area contributed by atoms with Crippen LogP contribution in [0.3, 0.4) is 0 Å². The van der Waals surface area contributed by atoms with Gasteiger partial charge in [-0.2, -0.15) is 0 Å². The minimum absolute atomic E-state index is 0.0590. The van der Waals surface area contributed by atoms with E-state index in [9.17, 15) is 0 Å². The van der Waals surface area contributed by atoms with E-state index in [2.05, 4.69) is 0 Å². The van der Waals surface area contributed by atoms with E-state index in [0.717, 1.165) is 26.2 Å². The molecule has 0 radical (unpaired) electrons. The van der Waals surface area contributed by atoms with E-state index >= 15 is 0 Å². The average Bonchev–Trinajstić information content (AvgIpc) is 1.94. The summed E-state index contributed by atoms with van der Waals surface area (Å²) in [5, 5.41) is 16.5. The Morgan fingerprint density at radius 3 is 2.08 bits per heavy atom. The summed E-state index contributed by atoms with van der Waals surface area (Å²) in [6.45, 7) is 1.08. The SMILES string of the molecule is CC(=O)O.N[C@@H]1CCCC[C@H]1O. The number of nitrogens with two attached hydrogens (primary N) is 1. The molecule has 1 aliphatic carbocycles. The summed E-state index contributed by atoms with van der Waals surface area (Å²) in [5.41, 5.74) is 5.53. The number of carboxylic acids is 1. The summed E-state index contributed by atoms with van der Waals surface area (Å²) in [7, 11) is 0. The van der Waals surface area contributed by atoms with Gasteiger partial charge in [0.1, 0.15) is 0 Å². The maximum absolute atomic E-state index is 9.05. The summed E-state index contributed by atoms with van der Waals surface area (Å²) in [5.74, 6) is -0.833. The summed E-state index contributed by atoms with van der Waals surface area (Å²) in [4.78, 5) is 9.00. The van der Waals surface area contributed by atoms with Crippen LogP contribution in [0.25, 0.3) is 0 Å². The number of carboxylic acid groups (broad SMARTS) is 1. The highest BCUT2D eigenvalue weighted by molar-refractivity contribution is 5.62. The molecule has 0 amide bonds. The molecule has 0 aromatic heterocycles. The second kappa shape index (κ2) is 5.97. The first-order valence-electron chi connectivity index (χ1n) is 4.17. The van der Waals surface area contributed by atoms with Gasteiger partial charge < -0.3 is 15.9 Å². The number of hydrogen-bond acceptors (Lipinski definition) is 3. The Hall–Kier alpha value is -0.610. The number of aliphatic carboxylic acids is 1. The first-order chi connectivity index (χ1) is 5.54. The van der Waals surface area contributed by atoms with Gasteiger partial charge in [-0.3, -0.25) is 4.79 Å². The number of aliphatic hydroxyl groups excluding tert-OH is 1. The number of rotatable bonds is 0. The van der Waals surface area contributed by atoms with Crippen molar-refractivity contribution in [3.63, 3.8) is 0 Å². The zero-order valence-electron chi connectivity index (χ0n) is 7.36. The number of hydrogen-bond donors (Lipinski definition) is 3. The number of carbonyl (C=O) groups is 1. The summed E-state index contributed by atoms with van der Waals surface area (Å²) in [6, 6.07) is 0.0590. The molecule has 0 aromatic rings. The van der Waals surface area contributed by atoms with E-state index in [1.165, 1.54) is 6.42 Å². The van der Waals surface area contributed by atoms with Gasteiger partial charge in [0.05, 0.1) is 6.10 Å². The van der Waals surface area contributed by atoms with Crippen molar-refractivity contribution >= 4 is 5.97 Å². The van der Waals surface area contributed by atoms with Gasteiger partial charge >= 0.3 is 0 Å². The van der Waals surface area contributed by atoms with Crippen LogP contribution < -0.4 is 5.73 Å². The van der Waals surface area contributed by atoms with Crippen molar-refractivity contribution in [3.05, 3.63) is 0 Å². The summed E-state index contributed by atoms with van der Waals surface area (Å²) < 4.78 is 0. The molecule has 4 heteroatoms. The van der Waals surface area contributed by atoms with Crippen molar-refractivity contribution in [2.24, 2.45) is 5.73 Å². The zero-order chi connectivity index (χ0) is 9.56. The molecule has 0 unspecified atom stereocenters. The fourth-order valence-electron chi connectivity index (χ4n) is 1.14.